The normalized spacial score (nSPS) is 10.6. The molecule has 4 aromatic rings. The number of aromatic nitrogens is 3. The molecule has 0 amide bonds. The zero-order valence-corrected chi connectivity index (χ0v) is 14.5. The van der Waals surface area contributed by atoms with Crippen molar-refractivity contribution in [2.45, 2.75) is 6.54 Å². The molecular formula is C22H17FN4. The number of pyridine rings is 1. The molecular weight excluding hydrogens is 339 g/mol. The quantitative estimate of drug-likeness (QED) is 0.549. The Morgan fingerprint density at radius 2 is 1.56 bits per heavy atom. The average Bonchev–Trinajstić information content (AvgIpc) is 2.74. The first-order valence-electron chi connectivity index (χ1n) is 8.62. The first-order valence-corrected chi connectivity index (χ1v) is 8.62. The van der Waals surface area contributed by atoms with Gasteiger partial charge in [-0.15, -0.1) is 0 Å². The first kappa shape index (κ1) is 16.8. The van der Waals surface area contributed by atoms with Gasteiger partial charge < -0.3 is 5.32 Å². The molecule has 0 bridgehead atoms. The van der Waals surface area contributed by atoms with Crippen molar-refractivity contribution < 1.29 is 4.39 Å². The number of rotatable bonds is 5. The van der Waals surface area contributed by atoms with E-state index in [1.54, 1.807) is 36.7 Å². The van der Waals surface area contributed by atoms with Crippen LogP contribution in [0.4, 0.5) is 10.2 Å². The maximum atomic E-state index is 14.3. The van der Waals surface area contributed by atoms with Crippen molar-refractivity contribution in [3.05, 3.63) is 96.6 Å². The molecule has 4 nitrogen and oxygen atoms in total. The number of anilines is 1. The summed E-state index contributed by atoms with van der Waals surface area (Å²) in [5.74, 6) is 0.878. The van der Waals surface area contributed by atoms with Gasteiger partial charge in [0.25, 0.3) is 0 Å². The van der Waals surface area contributed by atoms with E-state index in [1.807, 2.05) is 42.5 Å². The molecule has 0 unspecified atom stereocenters. The molecule has 0 fully saturated rings. The fourth-order valence-electron chi connectivity index (χ4n) is 2.75. The molecule has 0 aliphatic heterocycles. The Morgan fingerprint density at radius 1 is 0.815 bits per heavy atom. The van der Waals surface area contributed by atoms with Crippen molar-refractivity contribution in [3.8, 4) is 22.6 Å². The summed E-state index contributed by atoms with van der Waals surface area (Å²) in [6.45, 7) is 0.588. The predicted octanol–water partition coefficient (Wildman–Crippen LogP) is 4.96. The van der Waals surface area contributed by atoms with Gasteiger partial charge in [0.15, 0.2) is 5.82 Å². The van der Waals surface area contributed by atoms with Gasteiger partial charge in [0.1, 0.15) is 11.6 Å². The fraction of sp³-hybridized carbons (Fsp3) is 0.0455. The Hall–Kier alpha value is -3.60. The molecule has 0 atom stereocenters. The third kappa shape index (κ3) is 3.98. The molecule has 0 aliphatic carbocycles. The molecule has 0 saturated carbocycles. The highest BCUT2D eigenvalue weighted by Gasteiger charge is 2.11. The summed E-state index contributed by atoms with van der Waals surface area (Å²) in [6.07, 6.45) is 3.49. The summed E-state index contributed by atoms with van der Waals surface area (Å²) in [5.41, 5.74) is 2.95. The zero-order chi connectivity index (χ0) is 18.5. The molecule has 27 heavy (non-hydrogen) atoms. The number of hydrogen-bond acceptors (Lipinski definition) is 4. The van der Waals surface area contributed by atoms with Gasteiger partial charge in [-0.1, -0.05) is 42.5 Å². The Kier molecular flexibility index (Phi) is 4.83. The molecule has 2 aromatic heterocycles. The summed E-state index contributed by atoms with van der Waals surface area (Å²) < 4.78 is 14.3. The average molecular weight is 356 g/mol. The van der Waals surface area contributed by atoms with Crippen LogP contribution in [0.3, 0.4) is 0 Å². The second kappa shape index (κ2) is 7.74. The minimum absolute atomic E-state index is 0.310. The molecule has 132 valence electrons. The predicted molar refractivity (Wildman–Crippen MR) is 104 cm³/mol. The van der Waals surface area contributed by atoms with Gasteiger partial charge in [-0.05, 0) is 29.8 Å². The molecule has 1 N–H and O–H groups in total. The minimum atomic E-state index is -0.310. The lowest BCUT2D eigenvalue weighted by atomic mass is 10.1. The van der Waals surface area contributed by atoms with Crippen LogP contribution in [0, 0.1) is 5.82 Å². The van der Waals surface area contributed by atoms with Gasteiger partial charge in [-0.2, -0.15) is 0 Å². The van der Waals surface area contributed by atoms with E-state index >= 15 is 0 Å². The maximum Gasteiger partial charge on any atom is 0.162 e. The fourth-order valence-corrected chi connectivity index (χ4v) is 2.75. The van der Waals surface area contributed by atoms with E-state index in [-0.39, 0.29) is 5.82 Å². The van der Waals surface area contributed by atoms with Crippen LogP contribution >= 0.6 is 0 Å². The van der Waals surface area contributed by atoms with Gasteiger partial charge in [0, 0.05) is 36.1 Å². The van der Waals surface area contributed by atoms with Crippen molar-refractivity contribution in [2.24, 2.45) is 0 Å². The van der Waals surface area contributed by atoms with Crippen molar-refractivity contribution in [1.29, 1.82) is 0 Å². The van der Waals surface area contributed by atoms with Gasteiger partial charge in [-0.3, -0.25) is 4.98 Å². The number of nitrogens with one attached hydrogen (secondary N) is 1. The SMILES string of the molecule is Fc1ccccc1-c1cc(NCc2ccncc2)nc(-c2ccccc2)n1. The van der Waals surface area contributed by atoms with E-state index in [4.69, 9.17) is 0 Å². The lowest BCUT2D eigenvalue weighted by molar-refractivity contribution is 0.630. The van der Waals surface area contributed by atoms with E-state index in [1.165, 1.54) is 6.07 Å². The van der Waals surface area contributed by atoms with Crippen molar-refractivity contribution >= 4 is 5.82 Å². The monoisotopic (exact) mass is 356 g/mol. The molecule has 0 saturated heterocycles. The van der Waals surface area contributed by atoms with Crippen LogP contribution in [-0.4, -0.2) is 15.0 Å². The van der Waals surface area contributed by atoms with Crippen LogP contribution in [0.2, 0.25) is 0 Å². The van der Waals surface area contributed by atoms with Crippen LogP contribution in [0.1, 0.15) is 5.56 Å². The Bertz CT molecular complexity index is 1040. The number of nitrogens with zero attached hydrogens (tertiary/aromatic N) is 3. The summed E-state index contributed by atoms with van der Waals surface area (Å²) in [5, 5.41) is 3.30. The minimum Gasteiger partial charge on any atom is -0.366 e. The topological polar surface area (TPSA) is 50.7 Å². The summed E-state index contributed by atoms with van der Waals surface area (Å²) >= 11 is 0. The Labute approximate surface area is 156 Å². The van der Waals surface area contributed by atoms with Crippen LogP contribution in [-0.2, 0) is 6.54 Å². The van der Waals surface area contributed by atoms with E-state index in [0.29, 0.717) is 29.4 Å². The number of benzene rings is 2. The zero-order valence-electron chi connectivity index (χ0n) is 14.5. The number of hydrogen-bond donors (Lipinski definition) is 1. The molecule has 0 radical (unpaired) electrons. The number of halogens is 1. The highest BCUT2D eigenvalue weighted by molar-refractivity contribution is 5.67. The molecule has 2 aromatic carbocycles. The third-order valence-corrected chi connectivity index (χ3v) is 4.13. The van der Waals surface area contributed by atoms with Gasteiger partial charge in [-0.25, -0.2) is 14.4 Å². The molecule has 5 heteroatoms. The van der Waals surface area contributed by atoms with E-state index in [2.05, 4.69) is 20.3 Å². The second-order valence-corrected chi connectivity index (χ2v) is 6.02. The standard InChI is InChI=1S/C22H17FN4/c23-19-9-5-4-8-18(19)20-14-21(25-15-16-10-12-24-13-11-16)27-22(26-20)17-6-2-1-3-7-17/h1-14H,15H2,(H,25,26,27). The van der Waals surface area contributed by atoms with E-state index in [9.17, 15) is 4.39 Å². The molecule has 2 heterocycles. The highest BCUT2D eigenvalue weighted by Crippen LogP contribution is 2.26. The lowest BCUT2D eigenvalue weighted by Crippen LogP contribution is -2.04. The molecule has 4 rings (SSSR count). The summed E-state index contributed by atoms with van der Waals surface area (Å²) in [7, 11) is 0. The highest BCUT2D eigenvalue weighted by atomic mass is 19.1. The lowest BCUT2D eigenvalue weighted by Gasteiger charge is -2.11. The Balaban J connectivity index is 1.74. The second-order valence-electron chi connectivity index (χ2n) is 6.02. The smallest absolute Gasteiger partial charge is 0.162 e. The van der Waals surface area contributed by atoms with Gasteiger partial charge in [0.2, 0.25) is 0 Å². The van der Waals surface area contributed by atoms with Gasteiger partial charge >= 0.3 is 0 Å². The van der Waals surface area contributed by atoms with Crippen molar-refractivity contribution in [1.82, 2.24) is 15.0 Å². The van der Waals surface area contributed by atoms with E-state index < -0.39 is 0 Å². The maximum absolute atomic E-state index is 14.3. The first-order chi connectivity index (χ1) is 13.3. The van der Waals surface area contributed by atoms with Crippen molar-refractivity contribution in [2.75, 3.05) is 5.32 Å². The van der Waals surface area contributed by atoms with Crippen LogP contribution < -0.4 is 5.32 Å². The summed E-state index contributed by atoms with van der Waals surface area (Å²) in [6, 6.07) is 21.9. The largest absolute Gasteiger partial charge is 0.366 e. The van der Waals surface area contributed by atoms with E-state index in [0.717, 1.165) is 11.1 Å². The van der Waals surface area contributed by atoms with Crippen molar-refractivity contribution in [3.63, 3.8) is 0 Å². The molecule has 0 aliphatic rings. The third-order valence-electron chi connectivity index (χ3n) is 4.13. The molecule has 0 spiro atoms. The Morgan fingerprint density at radius 3 is 2.33 bits per heavy atom. The van der Waals surface area contributed by atoms with Crippen LogP contribution in [0.25, 0.3) is 22.6 Å². The van der Waals surface area contributed by atoms with Crippen LogP contribution in [0.5, 0.6) is 0 Å². The van der Waals surface area contributed by atoms with Gasteiger partial charge in [0.05, 0.1) is 5.69 Å². The summed E-state index contributed by atoms with van der Waals surface area (Å²) in [4.78, 5) is 13.2. The van der Waals surface area contributed by atoms with Crippen LogP contribution in [0.15, 0.2) is 85.2 Å².